The van der Waals surface area contributed by atoms with Gasteiger partial charge in [0.1, 0.15) is 12.4 Å². The maximum atomic E-state index is 10.9. The zero-order chi connectivity index (χ0) is 11.0. The van der Waals surface area contributed by atoms with E-state index in [9.17, 15) is 4.79 Å². The largest absolute Gasteiger partial charge is 0.495 e. The van der Waals surface area contributed by atoms with Crippen LogP contribution in [-0.4, -0.2) is 26.2 Å². The van der Waals surface area contributed by atoms with Gasteiger partial charge in [-0.2, -0.15) is 0 Å². The van der Waals surface area contributed by atoms with Gasteiger partial charge in [-0.15, -0.1) is 0 Å². The maximum absolute atomic E-state index is 10.9. The van der Waals surface area contributed by atoms with E-state index in [1.54, 1.807) is 14.0 Å². The molecule has 0 radical (unpaired) electrons. The van der Waals surface area contributed by atoms with Crippen molar-refractivity contribution in [3.63, 3.8) is 0 Å². The fourth-order valence-corrected chi connectivity index (χ4v) is 0.866. The number of nitrogens with two attached hydrogens (primary N) is 1. The van der Waals surface area contributed by atoms with Gasteiger partial charge in [-0.3, -0.25) is 4.79 Å². The smallest absolute Gasteiger partial charge is 0.247 e. The zero-order valence-corrected chi connectivity index (χ0v) is 9.13. The second-order valence-corrected chi connectivity index (χ2v) is 3.05. The SMILES string of the molecule is CCCCO/C(COC)=C(/C)C(N)=O. The summed E-state index contributed by atoms with van der Waals surface area (Å²) >= 11 is 0. The van der Waals surface area contributed by atoms with Crippen molar-refractivity contribution in [2.75, 3.05) is 20.3 Å². The number of hydrogen-bond acceptors (Lipinski definition) is 3. The Bertz CT molecular complexity index is 211. The minimum atomic E-state index is -0.464. The van der Waals surface area contributed by atoms with Crippen LogP contribution in [0.1, 0.15) is 26.7 Å². The molecule has 0 aromatic heterocycles. The predicted octanol–water partition coefficient (Wildman–Crippen LogP) is 1.21. The van der Waals surface area contributed by atoms with E-state index in [2.05, 4.69) is 6.92 Å². The van der Waals surface area contributed by atoms with E-state index in [1.165, 1.54) is 0 Å². The van der Waals surface area contributed by atoms with Crippen LogP contribution >= 0.6 is 0 Å². The van der Waals surface area contributed by atoms with Crippen LogP contribution in [0, 0.1) is 0 Å². The molecule has 4 nitrogen and oxygen atoms in total. The molecule has 0 saturated carbocycles. The van der Waals surface area contributed by atoms with E-state index in [0.29, 0.717) is 24.5 Å². The van der Waals surface area contributed by atoms with Gasteiger partial charge >= 0.3 is 0 Å². The van der Waals surface area contributed by atoms with E-state index in [0.717, 1.165) is 12.8 Å². The molecular formula is C10H19NO3. The molecule has 0 aliphatic rings. The first-order chi connectivity index (χ1) is 6.63. The third kappa shape index (κ3) is 4.87. The highest BCUT2D eigenvalue weighted by atomic mass is 16.5. The summed E-state index contributed by atoms with van der Waals surface area (Å²) in [5.74, 6) is 0.0713. The predicted molar refractivity (Wildman–Crippen MR) is 54.6 cm³/mol. The number of methoxy groups -OCH3 is 1. The number of primary amides is 1. The van der Waals surface area contributed by atoms with Crippen LogP contribution in [0.3, 0.4) is 0 Å². The summed E-state index contributed by atoms with van der Waals surface area (Å²) < 4.78 is 10.3. The van der Waals surface area contributed by atoms with Gasteiger partial charge in [-0.05, 0) is 13.3 Å². The van der Waals surface area contributed by atoms with Gasteiger partial charge in [0.25, 0.3) is 0 Å². The highest BCUT2D eigenvalue weighted by Crippen LogP contribution is 2.07. The number of rotatable bonds is 7. The van der Waals surface area contributed by atoms with E-state index < -0.39 is 5.91 Å². The summed E-state index contributed by atoms with van der Waals surface area (Å²) in [7, 11) is 1.55. The minimum Gasteiger partial charge on any atom is -0.495 e. The first-order valence-electron chi connectivity index (χ1n) is 4.74. The minimum absolute atomic E-state index is 0.290. The Balaban J connectivity index is 4.27. The fourth-order valence-electron chi connectivity index (χ4n) is 0.866. The summed E-state index contributed by atoms with van der Waals surface area (Å²) in [6.07, 6.45) is 2.01. The van der Waals surface area contributed by atoms with Gasteiger partial charge in [0, 0.05) is 7.11 Å². The van der Waals surface area contributed by atoms with E-state index in [1.807, 2.05) is 0 Å². The number of amides is 1. The van der Waals surface area contributed by atoms with Gasteiger partial charge in [-0.1, -0.05) is 13.3 Å². The Hall–Kier alpha value is -1.03. The van der Waals surface area contributed by atoms with Crippen molar-refractivity contribution in [3.05, 3.63) is 11.3 Å². The van der Waals surface area contributed by atoms with Crippen LogP contribution in [0.4, 0.5) is 0 Å². The normalized spacial score (nSPS) is 12.2. The average Bonchev–Trinajstić information content (AvgIpc) is 2.15. The molecule has 0 rings (SSSR count). The topological polar surface area (TPSA) is 61.6 Å². The van der Waals surface area contributed by atoms with Gasteiger partial charge in [-0.25, -0.2) is 0 Å². The number of ether oxygens (including phenoxy) is 2. The third-order valence-electron chi connectivity index (χ3n) is 1.84. The number of carbonyl (C=O) groups is 1. The van der Waals surface area contributed by atoms with E-state index >= 15 is 0 Å². The van der Waals surface area contributed by atoms with Crippen LogP contribution in [0.15, 0.2) is 11.3 Å². The Morgan fingerprint density at radius 1 is 1.43 bits per heavy atom. The molecule has 0 aromatic carbocycles. The summed E-state index contributed by atoms with van der Waals surface area (Å²) in [5.41, 5.74) is 5.57. The molecule has 82 valence electrons. The van der Waals surface area contributed by atoms with E-state index in [4.69, 9.17) is 15.2 Å². The van der Waals surface area contributed by atoms with Crippen LogP contribution in [0.25, 0.3) is 0 Å². The van der Waals surface area contributed by atoms with Crippen molar-refractivity contribution in [2.45, 2.75) is 26.7 Å². The summed E-state index contributed by atoms with van der Waals surface area (Å²) in [6.45, 7) is 4.60. The van der Waals surface area contributed by atoms with Crippen molar-refractivity contribution < 1.29 is 14.3 Å². The number of unbranched alkanes of at least 4 members (excludes halogenated alkanes) is 1. The van der Waals surface area contributed by atoms with Crippen molar-refractivity contribution in [1.29, 1.82) is 0 Å². The first-order valence-corrected chi connectivity index (χ1v) is 4.74. The second kappa shape index (κ2) is 7.38. The van der Waals surface area contributed by atoms with E-state index in [-0.39, 0.29) is 0 Å². The average molecular weight is 201 g/mol. The van der Waals surface area contributed by atoms with Crippen LogP contribution in [-0.2, 0) is 14.3 Å². The van der Waals surface area contributed by atoms with Crippen molar-refractivity contribution in [1.82, 2.24) is 0 Å². The molecule has 0 spiro atoms. The second-order valence-electron chi connectivity index (χ2n) is 3.05. The lowest BCUT2D eigenvalue weighted by Gasteiger charge is -2.11. The molecule has 1 amide bonds. The Morgan fingerprint density at radius 2 is 2.07 bits per heavy atom. The third-order valence-corrected chi connectivity index (χ3v) is 1.84. The Labute approximate surface area is 85.1 Å². The molecule has 0 fully saturated rings. The van der Waals surface area contributed by atoms with Gasteiger partial charge in [0.2, 0.25) is 5.91 Å². The summed E-state index contributed by atoms with van der Waals surface area (Å²) in [6, 6.07) is 0. The Morgan fingerprint density at radius 3 is 2.50 bits per heavy atom. The molecule has 0 aromatic rings. The lowest BCUT2D eigenvalue weighted by molar-refractivity contribution is -0.114. The van der Waals surface area contributed by atoms with Crippen LogP contribution < -0.4 is 5.73 Å². The van der Waals surface area contributed by atoms with Crippen LogP contribution in [0.5, 0.6) is 0 Å². The summed E-state index contributed by atoms with van der Waals surface area (Å²) in [5, 5.41) is 0. The quantitative estimate of drug-likeness (QED) is 0.382. The molecule has 0 unspecified atom stereocenters. The van der Waals surface area contributed by atoms with Gasteiger partial charge in [0.15, 0.2) is 0 Å². The lowest BCUT2D eigenvalue weighted by Crippen LogP contribution is -2.17. The summed E-state index contributed by atoms with van der Waals surface area (Å²) in [4.78, 5) is 10.9. The standard InChI is InChI=1S/C10H19NO3/c1-4-5-6-14-9(7-13-3)8(2)10(11)12/h4-7H2,1-3H3,(H2,11,12)/b9-8-. The zero-order valence-electron chi connectivity index (χ0n) is 9.13. The molecule has 0 atom stereocenters. The number of carbonyl (C=O) groups excluding carboxylic acids is 1. The highest BCUT2D eigenvalue weighted by molar-refractivity contribution is 5.91. The van der Waals surface area contributed by atoms with Crippen molar-refractivity contribution >= 4 is 5.91 Å². The first kappa shape index (κ1) is 13.0. The fraction of sp³-hybridized carbons (Fsp3) is 0.700. The van der Waals surface area contributed by atoms with Gasteiger partial charge in [0.05, 0.1) is 12.2 Å². The molecule has 0 bridgehead atoms. The monoisotopic (exact) mass is 201 g/mol. The van der Waals surface area contributed by atoms with Crippen molar-refractivity contribution in [2.24, 2.45) is 5.73 Å². The number of hydrogen-bond donors (Lipinski definition) is 1. The molecule has 2 N–H and O–H groups in total. The van der Waals surface area contributed by atoms with Crippen LogP contribution in [0.2, 0.25) is 0 Å². The molecule has 0 heterocycles. The molecular weight excluding hydrogens is 182 g/mol. The molecule has 0 aliphatic carbocycles. The Kier molecular flexibility index (Phi) is 6.84. The molecule has 14 heavy (non-hydrogen) atoms. The maximum Gasteiger partial charge on any atom is 0.247 e. The molecule has 0 aliphatic heterocycles. The van der Waals surface area contributed by atoms with Gasteiger partial charge < -0.3 is 15.2 Å². The van der Waals surface area contributed by atoms with Crippen molar-refractivity contribution in [3.8, 4) is 0 Å². The molecule has 0 saturated heterocycles. The molecule has 4 heteroatoms. The lowest BCUT2D eigenvalue weighted by atomic mass is 10.2. The highest BCUT2D eigenvalue weighted by Gasteiger charge is 2.08.